The zero-order valence-electron chi connectivity index (χ0n) is 12.0. The molecule has 21 heavy (non-hydrogen) atoms. The summed E-state index contributed by atoms with van der Waals surface area (Å²) in [5, 5.41) is 13.7. The van der Waals surface area contributed by atoms with Gasteiger partial charge in [-0.05, 0) is 37.1 Å². The molecule has 5 nitrogen and oxygen atoms in total. The summed E-state index contributed by atoms with van der Waals surface area (Å²) in [5.74, 6) is -0.314. The van der Waals surface area contributed by atoms with Crippen LogP contribution in [0.4, 0.5) is 0 Å². The lowest BCUT2D eigenvalue weighted by molar-refractivity contribution is 0.0697. The van der Waals surface area contributed by atoms with Crippen molar-refractivity contribution in [2.45, 2.75) is 31.7 Å². The first-order chi connectivity index (χ1) is 10.2. The fraction of sp³-hybridized carbons (Fsp3) is 0.375. The predicted molar refractivity (Wildman–Crippen MR) is 78.7 cm³/mol. The SMILES string of the molecule is COc1ccc(C(=O)O)cc1-c1ccn(C2CCCC2)n1. The van der Waals surface area contributed by atoms with Crippen LogP contribution in [0.15, 0.2) is 30.5 Å². The van der Waals surface area contributed by atoms with Crippen molar-refractivity contribution < 1.29 is 14.6 Å². The van der Waals surface area contributed by atoms with Crippen LogP contribution >= 0.6 is 0 Å². The molecule has 1 aliphatic rings. The van der Waals surface area contributed by atoms with Crippen molar-refractivity contribution in [2.75, 3.05) is 7.11 Å². The van der Waals surface area contributed by atoms with Gasteiger partial charge in [0.15, 0.2) is 0 Å². The fourth-order valence-corrected chi connectivity index (χ4v) is 2.90. The Morgan fingerprint density at radius 1 is 1.33 bits per heavy atom. The van der Waals surface area contributed by atoms with Gasteiger partial charge < -0.3 is 9.84 Å². The van der Waals surface area contributed by atoms with Crippen LogP contribution in [-0.2, 0) is 0 Å². The van der Waals surface area contributed by atoms with E-state index in [1.165, 1.54) is 12.8 Å². The van der Waals surface area contributed by atoms with Crippen LogP contribution in [0.25, 0.3) is 11.3 Å². The van der Waals surface area contributed by atoms with Gasteiger partial charge in [-0.25, -0.2) is 4.79 Å². The maximum Gasteiger partial charge on any atom is 0.335 e. The third kappa shape index (κ3) is 2.63. The summed E-state index contributed by atoms with van der Waals surface area (Å²) < 4.78 is 7.32. The van der Waals surface area contributed by atoms with Crippen molar-refractivity contribution in [1.82, 2.24) is 9.78 Å². The van der Waals surface area contributed by atoms with Gasteiger partial charge in [0.1, 0.15) is 5.75 Å². The second kappa shape index (κ2) is 5.60. The number of methoxy groups -OCH3 is 1. The summed E-state index contributed by atoms with van der Waals surface area (Å²) in [6.45, 7) is 0. The largest absolute Gasteiger partial charge is 0.496 e. The monoisotopic (exact) mass is 286 g/mol. The molecule has 110 valence electrons. The average Bonchev–Trinajstić information content (AvgIpc) is 3.17. The van der Waals surface area contributed by atoms with E-state index < -0.39 is 5.97 Å². The average molecular weight is 286 g/mol. The number of hydrogen-bond acceptors (Lipinski definition) is 3. The lowest BCUT2D eigenvalue weighted by Crippen LogP contribution is -2.05. The smallest absolute Gasteiger partial charge is 0.335 e. The Kier molecular flexibility index (Phi) is 3.64. The number of carboxylic acid groups (broad SMARTS) is 1. The highest BCUT2D eigenvalue weighted by Gasteiger charge is 2.19. The van der Waals surface area contributed by atoms with Crippen LogP contribution in [0.5, 0.6) is 5.75 Å². The molecule has 5 heteroatoms. The van der Waals surface area contributed by atoms with Crippen LogP contribution in [0.1, 0.15) is 42.1 Å². The lowest BCUT2D eigenvalue weighted by atomic mass is 10.1. The maximum absolute atomic E-state index is 11.1. The molecule has 0 aliphatic heterocycles. The third-order valence-corrected chi connectivity index (χ3v) is 4.03. The molecule has 0 amide bonds. The molecule has 0 radical (unpaired) electrons. The van der Waals surface area contributed by atoms with E-state index in [9.17, 15) is 4.79 Å². The normalized spacial score (nSPS) is 15.3. The van der Waals surface area contributed by atoms with Crippen molar-refractivity contribution in [1.29, 1.82) is 0 Å². The summed E-state index contributed by atoms with van der Waals surface area (Å²) in [4.78, 5) is 11.1. The second-order valence-electron chi connectivity index (χ2n) is 5.34. The first-order valence-corrected chi connectivity index (χ1v) is 7.16. The Morgan fingerprint density at radius 2 is 2.10 bits per heavy atom. The van der Waals surface area contributed by atoms with Gasteiger partial charge in [-0.1, -0.05) is 12.8 Å². The number of carboxylic acids is 1. The standard InChI is InChI=1S/C16H18N2O3/c1-21-15-7-6-11(16(19)20)10-13(15)14-8-9-18(17-14)12-4-2-3-5-12/h6-10,12H,2-5H2,1H3,(H,19,20). The van der Waals surface area contributed by atoms with Crippen molar-refractivity contribution in [2.24, 2.45) is 0 Å². The van der Waals surface area contributed by atoms with Gasteiger partial charge in [-0.2, -0.15) is 5.10 Å². The molecule has 1 aromatic heterocycles. The first-order valence-electron chi connectivity index (χ1n) is 7.16. The highest BCUT2D eigenvalue weighted by atomic mass is 16.5. The minimum atomic E-state index is -0.950. The molecule has 0 atom stereocenters. The Morgan fingerprint density at radius 3 is 2.76 bits per heavy atom. The summed E-state index contributed by atoms with van der Waals surface area (Å²) in [6.07, 6.45) is 6.79. The highest BCUT2D eigenvalue weighted by Crippen LogP contribution is 2.33. The minimum Gasteiger partial charge on any atom is -0.496 e. The quantitative estimate of drug-likeness (QED) is 0.936. The van der Waals surface area contributed by atoms with Crippen molar-refractivity contribution >= 4 is 5.97 Å². The number of aromatic carboxylic acids is 1. The molecule has 3 rings (SSSR count). The Bertz CT molecular complexity index is 657. The summed E-state index contributed by atoms with van der Waals surface area (Å²) in [5.41, 5.74) is 1.71. The van der Waals surface area contributed by atoms with E-state index >= 15 is 0 Å². The number of nitrogens with zero attached hydrogens (tertiary/aromatic N) is 2. The highest BCUT2D eigenvalue weighted by molar-refractivity contribution is 5.90. The van der Waals surface area contributed by atoms with Crippen LogP contribution in [0.2, 0.25) is 0 Å². The van der Waals surface area contributed by atoms with Crippen molar-refractivity contribution in [3.05, 3.63) is 36.0 Å². The number of aromatic nitrogens is 2. The third-order valence-electron chi connectivity index (χ3n) is 4.03. The molecule has 0 unspecified atom stereocenters. The van der Waals surface area contributed by atoms with Gasteiger partial charge in [0.2, 0.25) is 0 Å². The number of rotatable bonds is 4. The molecular weight excluding hydrogens is 268 g/mol. The topological polar surface area (TPSA) is 64.3 Å². The van der Waals surface area contributed by atoms with Gasteiger partial charge >= 0.3 is 5.97 Å². The molecule has 1 N–H and O–H groups in total. The lowest BCUT2D eigenvalue weighted by Gasteiger charge is -2.10. The van der Waals surface area contributed by atoms with Crippen molar-refractivity contribution in [3.63, 3.8) is 0 Å². The molecule has 0 saturated heterocycles. The van der Waals surface area contributed by atoms with Crippen LogP contribution in [0, 0.1) is 0 Å². The molecule has 1 aliphatic carbocycles. The van der Waals surface area contributed by atoms with E-state index in [4.69, 9.17) is 9.84 Å². The predicted octanol–water partition coefficient (Wildman–Crippen LogP) is 3.37. The minimum absolute atomic E-state index is 0.237. The van der Waals surface area contributed by atoms with Gasteiger partial charge in [-0.15, -0.1) is 0 Å². The Hall–Kier alpha value is -2.30. The second-order valence-corrected chi connectivity index (χ2v) is 5.34. The van der Waals surface area contributed by atoms with Gasteiger partial charge in [0, 0.05) is 11.8 Å². The fourth-order valence-electron chi connectivity index (χ4n) is 2.90. The number of carbonyl (C=O) groups is 1. The number of ether oxygens (including phenoxy) is 1. The van der Waals surface area contributed by atoms with E-state index in [0.717, 1.165) is 18.5 Å². The summed E-state index contributed by atoms with van der Waals surface area (Å²) >= 11 is 0. The zero-order valence-corrected chi connectivity index (χ0v) is 12.0. The molecule has 0 spiro atoms. The Labute approximate surface area is 123 Å². The molecule has 1 fully saturated rings. The summed E-state index contributed by atoms with van der Waals surface area (Å²) in [7, 11) is 1.58. The van der Waals surface area contributed by atoms with E-state index in [-0.39, 0.29) is 5.56 Å². The summed E-state index contributed by atoms with van der Waals surface area (Å²) in [6, 6.07) is 7.21. The Balaban J connectivity index is 1.98. The van der Waals surface area contributed by atoms with Crippen LogP contribution in [0.3, 0.4) is 0 Å². The maximum atomic E-state index is 11.1. The number of benzene rings is 1. The molecule has 1 saturated carbocycles. The molecule has 2 aromatic rings. The van der Waals surface area contributed by atoms with Gasteiger partial charge in [-0.3, -0.25) is 4.68 Å². The van der Waals surface area contributed by atoms with E-state index in [1.807, 2.05) is 16.9 Å². The molecule has 1 aromatic carbocycles. The van der Waals surface area contributed by atoms with Gasteiger partial charge in [0.25, 0.3) is 0 Å². The van der Waals surface area contributed by atoms with E-state index in [2.05, 4.69) is 5.10 Å². The molecular formula is C16H18N2O3. The van der Waals surface area contributed by atoms with Gasteiger partial charge in [0.05, 0.1) is 24.4 Å². The molecule has 0 bridgehead atoms. The molecule has 1 heterocycles. The first kappa shape index (κ1) is 13.7. The van der Waals surface area contributed by atoms with Crippen molar-refractivity contribution in [3.8, 4) is 17.0 Å². The van der Waals surface area contributed by atoms with Crippen LogP contribution in [-0.4, -0.2) is 28.0 Å². The van der Waals surface area contributed by atoms with E-state index in [1.54, 1.807) is 25.3 Å². The van der Waals surface area contributed by atoms with Crippen LogP contribution < -0.4 is 4.74 Å². The van der Waals surface area contributed by atoms with E-state index in [0.29, 0.717) is 17.4 Å². The zero-order chi connectivity index (χ0) is 14.8. The number of hydrogen-bond donors (Lipinski definition) is 1.